The molecule has 4 nitrogen and oxygen atoms in total. The number of furan rings is 1. The quantitative estimate of drug-likeness (QED) is 0.195. The Bertz CT molecular complexity index is 2810. The predicted molar refractivity (Wildman–Crippen MR) is 201 cm³/mol. The Morgan fingerprint density at radius 2 is 0.837 bits per heavy atom. The van der Waals surface area contributed by atoms with E-state index in [1.165, 1.54) is 10.8 Å². The van der Waals surface area contributed by atoms with Crippen LogP contribution >= 0.6 is 0 Å². The summed E-state index contributed by atoms with van der Waals surface area (Å²) < 4.78 is 6.26. The van der Waals surface area contributed by atoms with Gasteiger partial charge in [-0.2, -0.15) is 0 Å². The van der Waals surface area contributed by atoms with Gasteiger partial charge >= 0.3 is 0 Å². The van der Waals surface area contributed by atoms with Crippen LogP contribution in [0.5, 0.6) is 0 Å². The summed E-state index contributed by atoms with van der Waals surface area (Å²) in [4.78, 5) is 15.4. The van der Waals surface area contributed by atoms with Crippen LogP contribution in [-0.4, -0.2) is 15.0 Å². The first-order chi connectivity index (χ1) is 24.3. The van der Waals surface area contributed by atoms with Crippen LogP contribution in [0.3, 0.4) is 0 Å². The van der Waals surface area contributed by atoms with Gasteiger partial charge in [0.05, 0.1) is 0 Å². The molecule has 0 atom stereocenters. The summed E-state index contributed by atoms with van der Waals surface area (Å²) >= 11 is 0. The van der Waals surface area contributed by atoms with Crippen LogP contribution in [0.1, 0.15) is 0 Å². The standard InChI is InChI=1S/C45H27N3O/c1-3-12-30-26-32(22-20-28(30)10-1)43-46-44(33-23-21-29-11-2-4-13-31(29)27-33)48-45(47-43)38-25-24-36(34-14-5-6-15-35(34)38)37-17-9-19-41-42(37)39-16-7-8-18-40(39)49-41/h1-27H. The minimum Gasteiger partial charge on any atom is -0.456 e. The summed E-state index contributed by atoms with van der Waals surface area (Å²) in [5.74, 6) is 1.92. The van der Waals surface area contributed by atoms with E-state index in [0.29, 0.717) is 17.5 Å². The zero-order valence-corrected chi connectivity index (χ0v) is 26.3. The third-order valence-electron chi connectivity index (χ3n) is 9.51. The molecule has 0 saturated heterocycles. The van der Waals surface area contributed by atoms with Crippen LogP contribution < -0.4 is 0 Å². The topological polar surface area (TPSA) is 51.8 Å². The Balaban J connectivity index is 1.21. The highest BCUT2D eigenvalue weighted by Gasteiger charge is 2.19. The molecule has 10 rings (SSSR count). The number of hydrogen-bond donors (Lipinski definition) is 0. The van der Waals surface area contributed by atoms with Crippen LogP contribution in [0.25, 0.3) is 99.5 Å². The summed E-state index contributed by atoms with van der Waals surface area (Å²) in [6, 6.07) is 57.0. The second kappa shape index (κ2) is 11.0. The minimum atomic E-state index is 0.635. The second-order valence-electron chi connectivity index (χ2n) is 12.4. The van der Waals surface area contributed by atoms with Crippen molar-refractivity contribution in [3.05, 3.63) is 164 Å². The molecule has 0 spiro atoms. The lowest BCUT2D eigenvalue weighted by Crippen LogP contribution is -2.01. The van der Waals surface area contributed by atoms with Gasteiger partial charge < -0.3 is 4.42 Å². The third kappa shape index (κ3) is 4.57. The van der Waals surface area contributed by atoms with Crippen molar-refractivity contribution in [2.75, 3.05) is 0 Å². The van der Waals surface area contributed by atoms with Crippen molar-refractivity contribution in [3.63, 3.8) is 0 Å². The molecule has 0 bridgehead atoms. The monoisotopic (exact) mass is 625 g/mol. The first-order valence-electron chi connectivity index (χ1n) is 16.4. The number of fused-ring (bicyclic) bond motifs is 6. The van der Waals surface area contributed by atoms with E-state index in [1.54, 1.807) is 0 Å². The van der Waals surface area contributed by atoms with Gasteiger partial charge in [-0.15, -0.1) is 0 Å². The van der Waals surface area contributed by atoms with Crippen LogP contribution in [0, 0.1) is 0 Å². The molecule has 2 aromatic heterocycles. The van der Waals surface area contributed by atoms with Gasteiger partial charge in [0.25, 0.3) is 0 Å². The summed E-state index contributed by atoms with van der Waals surface area (Å²) in [6.45, 7) is 0. The van der Waals surface area contributed by atoms with E-state index < -0.39 is 0 Å². The largest absolute Gasteiger partial charge is 0.456 e. The predicted octanol–water partition coefficient (Wildman–Crippen LogP) is 11.9. The fourth-order valence-electron chi connectivity index (χ4n) is 7.14. The molecule has 0 aliphatic carbocycles. The van der Waals surface area contributed by atoms with Gasteiger partial charge in [-0.1, -0.05) is 133 Å². The van der Waals surface area contributed by atoms with E-state index in [9.17, 15) is 0 Å². The molecule has 0 N–H and O–H groups in total. The van der Waals surface area contributed by atoms with E-state index in [2.05, 4.69) is 146 Å². The average molecular weight is 626 g/mol. The number of para-hydroxylation sites is 1. The SMILES string of the molecule is c1ccc2cc(-c3nc(-c4ccc5ccccc5c4)nc(-c4ccc(-c5cccc6oc7ccccc7c56)c5ccccc45)n3)ccc2c1. The smallest absolute Gasteiger partial charge is 0.164 e. The van der Waals surface area contributed by atoms with E-state index in [0.717, 1.165) is 71.3 Å². The molecule has 4 heteroatoms. The number of rotatable bonds is 4. The zero-order valence-electron chi connectivity index (χ0n) is 26.3. The lowest BCUT2D eigenvalue weighted by atomic mass is 9.92. The maximum Gasteiger partial charge on any atom is 0.164 e. The first kappa shape index (κ1) is 27.5. The number of nitrogens with zero attached hydrogens (tertiary/aromatic N) is 3. The highest BCUT2D eigenvalue weighted by Crippen LogP contribution is 2.41. The molecule has 0 amide bonds. The molecule has 0 saturated carbocycles. The maximum atomic E-state index is 6.26. The van der Waals surface area contributed by atoms with Crippen LogP contribution in [0.4, 0.5) is 0 Å². The Labute approximate surface area is 282 Å². The molecule has 0 aliphatic heterocycles. The zero-order chi connectivity index (χ0) is 32.3. The Morgan fingerprint density at radius 3 is 1.51 bits per heavy atom. The molecule has 0 radical (unpaired) electrons. The van der Waals surface area contributed by atoms with Gasteiger partial charge in [-0.05, 0) is 73.8 Å². The van der Waals surface area contributed by atoms with Gasteiger partial charge in [0.1, 0.15) is 11.2 Å². The third-order valence-corrected chi connectivity index (χ3v) is 9.51. The molecule has 49 heavy (non-hydrogen) atoms. The van der Waals surface area contributed by atoms with Crippen molar-refractivity contribution in [1.29, 1.82) is 0 Å². The number of benzene rings is 8. The summed E-state index contributed by atoms with van der Waals surface area (Å²) in [7, 11) is 0. The van der Waals surface area contributed by atoms with Crippen molar-refractivity contribution < 1.29 is 4.42 Å². The fourth-order valence-corrected chi connectivity index (χ4v) is 7.14. The molecule has 0 aliphatic rings. The molecular weight excluding hydrogens is 599 g/mol. The van der Waals surface area contributed by atoms with Crippen molar-refractivity contribution in [2.45, 2.75) is 0 Å². The van der Waals surface area contributed by atoms with Gasteiger partial charge in [0.2, 0.25) is 0 Å². The highest BCUT2D eigenvalue weighted by molar-refractivity contribution is 6.16. The van der Waals surface area contributed by atoms with E-state index in [4.69, 9.17) is 19.4 Å². The van der Waals surface area contributed by atoms with Crippen molar-refractivity contribution in [2.24, 2.45) is 0 Å². The van der Waals surface area contributed by atoms with Crippen LogP contribution in [-0.2, 0) is 0 Å². The van der Waals surface area contributed by atoms with Crippen LogP contribution in [0.2, 0.25) is 0 Å². The highest BCUT2D eigenvalue weighted by atomic mass is 16.3. The fraction of sp³-hybridized carbons (Fsp3) is 0. The molecule has 8 aromatic carbocycles. The molecular formula is C45H27N3O. The first-order valence-corrected chi connectivity index (χ1v) is 16.4. The Hall–Kier alpha value is -6.65. The van der Waals surface area contributed by atoms with Crippen molar-refractivity contribution in [3.8, 4) is 45.3 Å². The number of hydrogen-bond acceptors (Lipinski definition) is 4. The molecule has 0 unspecified atom stereocenters. The van der Waals surface area contributed by atoms with Gasteiger partial charge in [-0.3, -0.25) is 0 Å². The molecule has 10 aromatic rings. The average Bonchev–Trinajstić information content (AvgIpc) is 3.56. The Morgan fingerprint density at radius 1 is 0.327 bits per heavy atom. The molecule has 2 heterocycles. The van der Waals surface area contributed by atoms with Crippen molar-refractivity contribution in [1.82, 2.24) is 15.0 Å². The summed E-state index contributed by atoms with van der Waals surface area (Å²) in [6.07, 6.45) is 0. The van der Waals surface area contributed by atoms with Crippen molar-refractivity contribution >= 4 is 54.3 Å². The van der Waals surface area contributed by atoms with Gasteiger partial charge in [-0.25, -0.2) is 15.0 Å². The summed E-state index contributed by atoms with van der Waals surface area (Å²) in [5.41, 5.74) is 6.88. The minimum absolute atomic E-state index is 0.635. The lowest BCUT2D eigenvalue weighted by Gasteiger charge is -2.14. The number of aromatic nitrogens is 3. The van der Waals surface area contributed by atoms with Crippen LogP contribution in [0.15, 0.2) is 168 Å². The molecule has 0 fully saturated rings. The molecule has 228 valence electrons. The maximum absolute atomic E-state index is 6.26. The lowest BCUT2D eigenvalue weighted by molar-refractivity contribution is 0.669. The second-order valence-corrected chi connectivity index (χ2v) is 12.4. The van der Waals surface area contributed by atoms with Gasteiger partial charge in [0.15, 0.2) is 17.5 Å². The van der Waals surface area contributed by atoms with E-state index >= 15 is 0 Å². The van der Waals surface area contributed by atoms with E-state index in [1.807, 2.05) is 18.2 Å². The Kier molecular flexibility index (Phi) is 6.15. The van der Waals surface area contributed by atoms with Gasteiger partial charge in [0, 0.05) is 27.5 Å². The normalized spacial score (nSPS) is 11.7. The van der Waals surface area contributed by atoms with E-state index in [-0.39, 0.29) is 0 Å². The summed E-state index contributed by atoms with van der Waals surface area (Å²) in [5, 5.41) is 9.07.